The van der Waals surface area contributed by atoms with E-state index in [1.165, 1.54) is 56.9 Å². The van der Waals surface area contributed by atoms with Crippen molar-refractivity contribution >= 4 is 0 Å². The second kappa shape index (κ2) is 8.85. The molecule has 24 heavy (non-hydrogen) atoms. The summed E-state index contributed by atoms with van der Waals surface area (Å²) in [6.07, 6.45) is 16.1. The third-order valence-corrected chi connectivity index (χ3v) is 6.48. The van der Waals surface area contributed by atoms with E-state index in [1.807, 2.05) is 0 Å². The summed E-state index contributed by atoms with van der Waals surface area (Å²) in [5.41, 5.74) is 2.83. The van der Waals surface area contributed by atoms with Gasteiger partial charge in [-0.1, -0.05) is 36.4 Å². The van der Waals surface area contributed by atoms with E-state index < -0.39 is 0 Å². The Hall–Kier alpha value is -1.08. The first-order valence-electron chi connectivity index (χ1n) is 10.0. The monoisotopic (exact) mass is 326 g/mol. The molecule has 2 aliphatic carbocycles. The molecule has 132 valence electrons. The summed E-state index contributed by atoms with van der Waals surface area (Å²) in [6.45, 7) is 2.89. The first kappa shape index (κ1) is 17.7. The molecular weight excluding hydrogens is 292 g/mol. The maximum absolute atomic E-state index is 5.21. The minimum Gasteiger partial charge on any atom is -0.380 e. The molecule has 1 heteroatoms. The zero-order valence-electron chi connectivity index (χ0n) is 15.5. The average Bonchev–Trinajstić information content (AvgIpc) is 2.64. The Morgan fingerprint density at radius 2 is 1.46 bits per heavy atom. The molecule has 0 heterocycles. The Labute approximate surface area is 148 Å². The van der Waals surface area contributed by atoms with Crippen LogP contribution in [0.4, 0.5) is 0 Å². The fourth-order valence-corrected chi connectivity index (χ4v) is 5.06. The molecule has 0 N–H and O–H groups in total. The van der Waals surface area contributed by atoms with Gasteiger partial charge in [0, 0.05) is 7.11 Å². The predicted molar refractivity (Wildman–Crippen MR) is 102 cm³/mol. The smallest absolute Gasteiger partial charge is 0.0713 e. The highest BCUT2D eigenvalue weighted by Gasteiger charge is 2.30. The quantitative estimate of drug-likeness (QED) is 0.562. The Kier molecular flexibility index (Phi) is 6.54. The Balaban J connectivity index is 1.47. The van der Waals surface area contributed by atoms with Gasteiger partial charge in [0.25, 0.3) is 0 Å². The van der Waals surface area contributed by atoms with Gasteiger partial charge in [0.05, 0.1) is 6.61 Å². The number of rotatable bonds is 5. The Bertz CT molecular complexity index is 499. The molecule has 0 amide bonds. The van der Waals surface area contributed by atoms with E-state index in [4.69, 9.17) is 4.74 Å². The first-order chi connectivity index (χ1) is 11.8. The lowest BCUT2D eigenvalue weighted by Crippen LogP contribution is -2.25. The Morgan fingerprint density at radius 3 is 2.00 bits per heavy atom. The van der Waals surface area contributed by atoms with Crippen LogP contribution in [-0.2, 0) is 11.3 Å². The number of allylic oxidation sites excluding steroid dienone is 2. The van der Waals surface area contributed by atoms with Gasteiger partial charge in [-0.3, -0.25) is 0 Å². The second-order valence-electron chi connectivity index (χ2n) is 7.99. The van der Waals surface area contributed by atoms with Crippen LogP contribution in [0.15, 0.2) is 36.4 Å². The molecule has 1 aromatic carbocycles. The molecule has 1 nitrogen and oxygen atoms in total. The van der Waals surface area contributed by atoms with Crippen molar-refractivity contribution in [2.24, 2.45) is 17.8 Å². The van der Waals surface area contributed by atoms with Crippen molar-refractivity contribution in [1.29, 1.82) is 0 Å². The summed E-state index contributed by atoms with van der Waals surface area (Å²) in [7, 11) is 1.77. The lowest BCUT2D eigenvalue weighted by atomic mass is 9.68. The van der Waals surface area contributed by atoms with Crippen LogP contribution in [0.1, 0.15) is 75.3 Å². The maximum atomic E-state index is 5.21. The largest absolute Gasteiger partial charge is 0.380 e. The molecule has 2 aliphatic rings. The van der Waals surface area contributed by atoms with E-state index in [9.17, 15) is 0 Å². The summed E-state index contributed by atoms with van der Waals surface area (Å²) in [6, 6.07) is 9.16. The van der Waals surface area contributed by atoms with Crippen molar-refractivity contribution in [2.75, 3.05) is 7.11 Å². The fraction of sp³-hybridized carbons (Fsp3) is 0.652. The Morgan fingerprint density at radius 1 is 0.875 bits per heavy atom. The molecule has 0 aromatic heterocycles. The summed E-state index contributed by atoms with van der Waals surface area (Å²) in [5.74, 6) is 3.67. The van der Waals surface area contributed by atoms with Crippen LogP contribution in [0.25, 0.3) is 0 Å². The van der Waals surface area contributed by atoms with Gasteiger partial charge in [-0.05, 0) is 93.1 Å². The van der Waals surface area contributed by atoms with Crippen LogP contribution in [-0.4, -0.2) is 7.11 Å². The molecule has 0 radical (unpaired) electrons. The summed E-state index contributed by atoms with van der Waals surface area (Å²) >= 11 is 0. The van der Waals surface area contributed by atoms with E-state index in [1.54, 1.807) is 12.7 Å². The third kappa shape index (κ3) is 4.51. The van der Waals surface area contributed by atoms with E-state index in [2.05, 4.69) is 43.3 Å². The lowest BCUT2D eigenvalue weighted by molar-refractivity contribution is 0.171. The summed E-state index contributed by atoms with van der Waals surface area (Å²) in [4.78, 5) is 0. The van der Waals surface area contributed by atoms with Gasteiger partial charge in [0.15, 0.2) is 0 Å². The predicted octanol–water partition coefficient (Wildman–Crippen LogP) is 6.49. The van der Waals surface area contributed by atoms with Gasteiger partial charge >= 0.3 is 0 Å². The molecule has 0 spiro atoms. The topological polar surface area (TPSA) is 9.23 Å². The number of methoxy groups -OCH3 is 1. The second-order valence-corrected chi connectivity index (χ2v) is 7.99. The highest BCUT2D eigenvalue weighted by molar-refractivity contribution is 5.25. The molecule has 0 saturated heterocycles. The minimum absolute atomic E-state index is 0.725. The molecule has 0 atom stereocenters. The molecule has 0 unspecified atom stereocenters. The number of benzene rings is 1. The van der Waals surface area contributed by atoms with E-state index >= 15 is 0 Å². The van der Waals surface area contributed by atoms with Crippen LogP contribution in [0.5, 0.6) is 0 Å². The van der Waals surface area contributed by atoms with Gasteiger partial charge in [-0.25, -0.2) is 0 Å². The van der Waals surface area contributed by atoms with E-state index in [-0.39, 0.29) is 0 Å². The summed E-state index contributed by atoms with van der Waals surface area (Å²) < 4.78 is 5.21. The van der Waals surface area contributed by atoms with Crippen molar-refractivity contribution < 1.29 is 4.74 Å². The molecular formula is C23H34O. The van der Waals surface area contributed by atoms with Gasteiger partial charge in [0.1, 0.15) is 0 Å². The van der Waals surface area contributed by atoms with Crippen LogP contribution in [0.3, 0.4) is 0 Å². The molecule has 2 saturated carbocycles. The lowest BCUT2D eigenvalue weighted by Gasteiger charge is -2.37. The van der Waals surface area contributed by atoms with Crippen LogP contribution >= 0.6 is 0 Å². The van der Waals surface area contributed by atoms with Gasteiger partial charge < -0.3 is 4.74 Å². The SMILES string of the molecule is C/C=C/[C@H]1CC[C@H](C2CCC(c3ccc(COC)cc3)CC2)CC1. The van der Waals surface area contributed by atoms with Crippen LogP contribution in [0.2, 0.25) is 0 Å². The van der Waals surface area contributed by atoms with Crippen molar-refractivity contribution in [1.82, 2.24) is 0 Å². The van der Waals surface area contributed by atoms with Crippen molar-refractivity contribution in [3.05, 3.63) is 47.5 Å². The van der Waals surface area contributed by atoms with Crippen molar-refractivity contribution in [3.8, 4) is 0 Å². The minimum atomic E-state index is 0.725. The maximum Gasteiger partial charge on any atom is 0.0713 e. The highest BCUT2D eigenvalue weighted by Crippen LogP contribution is 2.44. The number of hydrogen-bond acceptors (Lipinski definition) is 1. The zero-order chi connectivity index (χ0) is 16.8. The van der Waals surface area contributed by atoms with Crippen LogP contribution in [0, 0.1) is 17.8 Å². The normalized spacial score (nSPS) is 31.4. The average molecular weight is 327 g/mol. The first-order valence-corrected chi connectivity index (χ1v) is 10.0. The standard InChI is InChI=1S/C23H34O/c1-3-4-18-5-9-20(10-6-18)22-13-15-23(16-14-22)21-11-7-19(8-12-21)17-24-2/h3-4,7-8,11-12,18,20,22-23H,5-6,9-10,13-17H2,1-2H3/b4-3+/t18-,20-,22?,23?. The highest BCUT2D eigenvalue weighted by atomic mass is 16.5. The third-order valence-electron chi connectivity index (χ3n) is 6.48. The van der Waals surface area contributed by atoms with Gasteiger partial charge in [0.2, 0.25) is 0 Å². The van der Waals surface area contributed by atoms with Crippen LogP contribution < -0.4 is 0 Å². The number of hydrogen-bond donors (Lipinski definition) is 0. The number of ether oxygens (including phenoxy) is 1. The molecule has 0 aliphatic heterocycles. The van der Waals surface area contributed by atoms with Gasteiger partial charge in [-0.15, -0.1) is 0 Å². The van der Waals surface area contributed by atoms with E-state index in [0.717, 1.165) is 30.3 Å². The summed E-state index contributed by atoms with van der Waals surface area (Å²) in [5, 5.41) is 0. The van der Waals surface area contributed by atoms with Crippen molar-refractivity contribution in [2.45, 2.75) is 70.8 Å². The molecule has 0 bridgehead atoms. The zero-order valence-corrected chi connectivity index (χ0v) is 15.5. The molecule has 1 aromatic rings. The van der Waals surface area contributed by atoms with E-state index in [0.29, 0.717) is 0 Å². The van der Waals surface area contributed by atoms with Crippen molar-refractivity contribution in [3.63, 3.8) is 0 Å². The fourth-order valence-electron chi connectivity index (χ4n) is 5.06. The molecule has 3 rings (SSSR count). The van der Waals surface area contributed by atoms with Gasteiger partial charge in [-0.2, -0.15) is 0 Å². The molecule has 2 fully saturated rings.